The number of nitrogens with two attached hydrogens (primary N) is 1. The lowest BCUT2D eigenvalue weighted by molar-refractivity contribution is 0.594. The van der Waals surface area contributed by atoms with E-state index in [4.69, 9.17) is 18.0 Å². The van der Waals surface area contributed by atoms with Crippen molar-refractivity contribution >= 4 is 55.5 Å². The summed E-state index contributed by atoms with van der Waals surface area (Å²) in [6.07, 6.45) is 0. The molecule has 0 aliphatic rings. The van der Waals surface area contributed by atoms with Crippen LogP contribution in [0.15, 0.2) is 47.4 Å². The highest BCUT2D eigenvalue weighted by Gasteiger charge is 2.22. The Morgan fingerprint density at radius 2 is 1.81 bits per heavy atom. The lowest BCUT2D eigenvalue weighted by Crippen LogP contribution is -2.21. The zero-order valence-electron chi connectivity index (χ0n) is 10.5. The first-order valence-electron chi connectivity index (χ1n) is 5.68. The third-order valence-electron chi connectivity index (χ3n) is 2.61. The van der Waals surface area contributed by atoms with Crippen LogP contribution in [-0.2, 0) is 10.0 Å². The number of sulfonamides is 1. The molecule has 0 aliphatic carbocycles. The Kier molecular flexibility index (Phi) is 4.79. The van der Waals surface area contributed by atoms with Crippen LogP contribution in [0.1, 0.15) is 5.56 Å². The van der Waals surface area contributed by atoms with Crippen molar-refractivity contribution in [1.82, 2.24) is 0 Å². The number of rotatable bonds is 4. The van der Waals surface area contributed by atoms with E-state index in [1.54, 1.807) is 24.3 Å². The molecule has 0 saturated carbocycles. The number of hydrogen-bond acceptors (Lipinski definition) is 3. The maximum Gasteiger partial charge on any atom is 0.262 e. The largest absolute Gasteiger partial charge is 0.389 e. The first-order valence-corrected chi connectivity index (χ1v) is 8.65. The second-order valence-corrected chi connectivity index (χ2v) is 7.43. The Bertz CT molecular complexity index is 792. The minimum absolute atomic E-state index is 0.284. The number of thiocarbonyl (C=S) groups is 1. The van der Waals surface area contributed by atoms with Crippen LogP contribution in [0.5, 0.6) is 0 Å². The predicted molar refractivity (Wildman–Crippen MR) is 92.3 cm³/mol. The maximum absolute atomic E-state index is 13.8. The van der Waals surface area contributed by atoms with Gasteiger partial charge in [0.25, 0.3) is 10.0 Å². The molecule has 0 radical (unpaired) electrons. The van der Waals surface area contributed by atoms with Crippen molar-refractivity contribution in [2.45, 2.75) is 4.90 Å². The molecule has 0 bridgehead atoms. The van der Waals surface area contributed by atoms with E-state index in [1.165, 1.54) is 12.1 Å². The van der Waals surface area contributed by atoms with Gasteiger partial charge in [0.2, 0.25) is 0 Å². The summed E-state index contributed by atoms with van der Waals surface area (Å²) < 4.78 is 41.8. The number of anilines is 1. The first-order chi connectivity index (χ1) is 9.81. The summed E-state index contributed by atoms with van der Waals surface area (Å²) in [7, 11) is -3.98. The lowest BCUT2D eigenvalue weighted by Gasteiger charge is -2.12. The van der Waals surface area contributed by atoms with Crippen LogP contribution < -0.4 is 10.5 Å². The SMILES string of the molecule is NC(=S)c1c(F)cccc1S(=O)(=O)Nc1ccc(I)cc1. The fourth-order valence-electron chi connectivity index (χ4n) is 1.70. The third kappa shape index (κ3) is 3.69. The van der Waals surface area contributed by atoms with Crippen LogP contribution in [0.3, 0.4) is 0 Å². The summed E-state index contributed by atoms with van der Waals surface area (Å²) in [4.78, 5) is -0.593. The molecular weight excluding hydrogens is 426 g/mol. The number of benzene rings is 2. The van der Waals surface area contributed by atoms with Gasteiger partial charge < -0.3 is 5.73 Å². The van der Waals surface area contributed by atoms with E-state index >= 15 is 0 Å². The zero-order chi connectivity index (χ0) is 15.6. The Labute approximate surface area is 140 Å². The van der Waals surface area contributed by atoms with Crippen LogP contribution in [0.4, 0.5) is 10.1 Å². The van der Waals surface area contributed by atoms with Gasteiger partial charge in [-0.15, -0.1) is 0 Å². The summed E-state index contributed by atoms with van der Waals surface area (Å²) in [5, 5.41) is 0. The van der Waals surface area contributed by atoms with Gasteiger partial charge in [0, 0.05) is 9.26 Å². The molecule has 0 heterocycles. The fourth-order valence-corrected chi connectivity index (χ4v) is 3.62. The van der Waals surface area contributed by atoms with Gasteiger partial charge >= 0.3 is 0 Å². The molecule has 2 aromatic rings. The average molecular weight is 436 g/mol. The molecular formula is C13H10FIN2O2S2. The van der Waals surface area contributed by atoms with Gasteiger partial charge in [-0.2, -0.15) is 0 Å². The van der Waals surface area contributed by atoms with Crippen LogP contribution in [0.2, 0.25) is 0 Å². The van der Waals surface area contributed by atoms with E-state index in [9.17, 15) is 12.8 Å². The highest BCUT2D eigenvalue weighted by Crippen LogP contribution is 2.22. The number of nitrogens with one attached hydrogen (secondary N) is 1. The molecule has 2 rings (SSSR count). The molecule has 0 aliphatic heterocycles. The van der Waals surface area contributed by atoms with Crippen molar-refractivity contribution in [3.63, 3.8) is 0 Å². The molecule has 3 N–H and O–H groups in total. The maximum atomic E-state index is 13.8. The van der Waals surface area contributed by atoms with E-state index < -0.39 is 15.8 Å². The molecule has 0 unspecified atom stereocenters. The molecule has 0 spiro atoms. The minimum atomic E-state index is -3.98. The topological polar surface area (TPSA) is 72.2 Å². The van der Waals surface area contributed by atoms with Gasteiger partial charge in [-0.3, -0.25) is 4.72 Å². The molecule has 0 amide bonds. The summed E-state index contributed by atoms with van der Waals surface area (Å²) in [5.41, 5.74) is 5.51. The van der Waals surface area contributed by atoms with E-state index in [0.29, 0.717) is 5.69 Å². The molecule has 0 fully saturated rings. The molecule has 0 saturated heterocycles. The van der Waals surface area contributed by atoms with Crippen molar-refractivity contribution < 1.29 is 12.8 Å². The zero-order valence-corrected chi connectivity index (χ0v) is 14.3. The van der Waals surface area contributed by atoms with Crippen LogP contribution in [0, 0.1) is 9.39 Å². The van der Waals surface area contributed by atoms with Crippen molar-refractivity contribution in [3.8, 4) is 0 Å². The monoisotopic (exact) mass is 436 g/mol. The highest BCUT2D eigenvalue weighted by molar-refractivity contribution is 14.1. The second-order valence-electron chi connectivity index (χ2n) is 4.09. The molecule has 110 valence electrons. The highest BCUT2D eigenvalue weighted by atomic mass is 127. The van der Waals surface area contributed by atoms with E-state index in [2.05, 4.69) is 27.3 Å². The van der Waals surface area contributed by atoms with E-state index in [1.807, 2.05) is 0 Å². The molecule has 4 nitrogen and oxygen atoms in total. The Balaban J connectivity index is 2.47. The Morgan fingerprint density at radius 1 is 1.19 bits per heavy atom. The first kappa shape index (κ1) is 16.1. The number of halogens is 2. The summed E-state index contributed by atoms with van der Waals surface area (Å²) >= 11 is 6.84. The van der Waals surface area contributed by atoms with Crippen molar-refractivity contribution in [2.75, 3.05) is 4.72 Å². The molecule has 8 heteroatoms. The predicted octanol–water partition coefficient (Wildman–Crippen LogP) is 2.87. The van der Waals surface area contributed by atoms with Crippen molar-refractivity contribution in [2.24, 2.45) is 5.73 Å². The summed E-state index contributed by atoms with van der Waals surface area (Å²) in [6, 6.07) is 10.4. The van der Waals surface area contributed by atoms with Crippen LogP contribution in [0.25, 0.3) is 0 Å². The molecule has 0 atom stereocenters. The van der Waals surface area contributed by atoms with Crippen LogP contribution in [-0.4, -0.2) is 13.4 Å². The van der Waals surface area contributed by atoms with Gasteiger partial charge in [-0.1, -0.05) is 18.3 Å². The van der Waals surface area contributed by atoms with Gasteiger partial charge in [-0.25, -0.2) is 12.8 Å². The van der Waals surface area contributed by atoms with Crippen molar-refractivity contribution in [1.29, 1.82) is 0 Å². The standard InChI is InChI=1S/C13H10FIN2O2S2/c14-10-2-1-3-11(12(10)13(16)20)21(18,19)17-9-6-4-8(15)5-7-9/h1-7,17H,(H2,16,20). The summed E-state index contributed by atoms with van der Waals surface area (Å²) in [5.74, 6) is -0.770. The smallest absolute Gasteiger partial charge is 0.262 e. The van der Waals surface area contributed by atoms with E-state index in [-0.39, 0.29) is 15.4 Å². The van der Waals surface area contributed by atoms with Crippen molar-refractivity contribution in [3.05, 3.63) is 57.4 Å². The summed E-state index contributed by atoms with van der Waals surface area (Å²) in [6.45, 7) is 0. The third-order valence-corrected chi connectivity index (χ3v) is 4.95. The molecule has 2 aromatic carbocycles. The van der Waals surface area contributed by atoms with Gasteiger partial charge in [-0.05, 0) is 59.0 Å². The quantitative estimate of drug-likeness (QED) is 0.571. The van der Waals surface area contributed by atoms with Gasteiger partial charge in [0.1, 0.15) is 15.7 Å². The number of hydrogen-bond donors (Lipinski definition) is 2. The Hall–Kier alpha value is -1.26. The molecule has 0 aromatic heterocycles. The fraction of sp³-hybridized carbons (Fsp3) is 0. The van der Waals surface area contributed by atoms with Crippen LogP contribution >= 0.6 is 34.8 Å². The van der Waals surface area contributed by atoms with Gasteiger partial charge in [0.05, 0.1) is 5.56 Å². The lowest BCUT2D eigenvalue weighted by atomic mass is 10.2. The normalized spacial score (nSPS) is 11.1. The molecule has 21 heavy (non-hydrogen) atoms. The van der Waals surface area contributed by atoms with Gasteiger partial charge in [0.15, 0.2) is 0 Å². The minimum Gasteiger partial charge on any atom is -0.389 e. The van der Waals surface area contributed by atoms with E-state index in [0.717, 1.165) is 9.64 Å². The Morgan fingerprint density at radius 3 is 2.38 bits per heavy atom. The average Bonchev–Trinajstić information content (AvgIpc) is 2.40. The second kappa shape index (κ2) is 6.24.